The number of carbonyl (C=O) groups excluding carboxylic acids is 2. The fraction of sp³-hybridized carbons (Fsp3) is 0.455. The highest BCUT2D eigenvalue weighted by Crippen LogP contribution is 2.40. The number of ether oxygens (including phenoxy) is 1. The van der Waals surface area contributed by atoms with E-state index in [0.717, 1.165) is 0 Å². The molecule has 80 valence electrons. The number of hydrogen-bond donors (Lipinski definition) is 0. The topological polar surface area (TPSA) is 46.6 Å². The van der Waals surface area contributed by atoms with E-state index in [1.165, 1.54) is 11.9 Å². The molecule has 4 nitrogen and oxygen atoms in total. The lowest BCUT2D eigenvalue weighted by molar-refractivity contribution is -0.140. The van der Waals surface area contributed by atoms with Crippen LogP contribution < -0.4 is 0 Å². The van der Waals surface area contributed by atoms with Crippen LogP contribution in [0.3, 0.4) is 0 Å². The van der Waals surface area contributed by atoms with Crippen molar-refractivity contribution in [3.63, 3.8) is 0 Å². The van der Waals surface area contributed by atoms with Crippen molar-refractivity contribution in [1.29, 1.82) is 0 Å². The molecule has 0 spiro atoms. The van der Waals surface area contributed by atoms with Crippen LogP contribution in [0.5, 0.6) is 0 Å². The molecule has 0 aromatic rings. The number of hydrogen-bond acceptors (Lipinski definition) is 3. The highest BCUT2D eigenvalue weighted by Gasteiger charge is 2.57. The first-order valence-corrected chi connectivity index (χ1v) is 4.83. The lowest BCUT2D eigenvalue weighted by atomic mass is 9.89. The number of amides is 2. The van der Waals surface area contributed by atoms with Crippen LogP contribution in [0.2, 0.25) is 0 Å². The van der Waals surface area contributed by atoms with Crippen molar-refractivity contribution in [3.05, 3.63) is 25.3 Å². The minimum atomic E-state index is -0.414. The van der Waals surface area contributed by atoms with Gasteiger partial charge in [-0.15, -0.1) is 13.2 Å². The average molecular weight is 207 g/mol. The Morgan fingerprint density at radius 3 is 1.87 bits per heavy atom. The van der Waals surface area contributed by atoms with E-state index in [-0.39, 0.29) is 24.0 Å². The average Bonchev–Trinajstić information content (AvgIpc) is 2.72. The van der Waals surface area contributed by atoms with Crippen LogP contribution in [0, 0.1) is 11.8 Å². The van der Waals surface area contributed by atoms with Gasteiger partial charge in [-0.05, 0) is 0 Å². The summed E-state index contributed by atoms with van der Waals surface area (Å²) in [7, 11) is 1.50. The molecule has 4 atom stereocenters. The third-order valence-electron chi connectivity index (χ3n) is 3.11. The summed E-state index contributed by atoms with van der Waals surface area (Å²) in [5.74, 6) is -1.19. The summed E-state index contributed by atoms with van der Waals surface area (Å²) >= 11 is 0. The van der Waals surface area contributed by atoms with Crippen LogP contribution in [0.25, 0.3) is 0 Å². The second kappa shape index (κ2) is 3.31. The van der Waals surface area contributed by atoms with E-state index in [4.69, 9.17) is 4.74 Å². The standard InChI is InChI=1S/C11H13NO3/c1-4-6-8-9(7(5-2)15-6)11(14)12(3)10(8)13/h4-9H,1-2H2,3H3. The van der Waals surface area contributed by atoms with E-state index in [0.29, 0.717) is 0 Å². The molecule has 0 aromatic carbocycles. The van der Waals surface area contributed by atoms with Crippen LogP contribution in [0.1, 0.15) is 0 Å². The maximum Gasteiger partial charge on any atom is 0.235 e. The Hall–Kier alpha value is -1.42. The molecule has 15 heavy (non-hydrogen) atoms. The van der Waals surface area contributed by atoms with Gasteiger partial charge in [-0.3, -0.25) is 14.5 Å². The zero-order valence-corrected chi connectivity index (χ0v) is 8.55. The smallest absolute Gasteiger partial charge is 0.235 e. The predicted octanol–water partition coefficient (Wildman–Crippen LogP) is 0.357. The Labute approximate surface area is 88.2 Å². The van der Waals surface area contributed by atoms with Crippen LogP contribution in [0.15, 0.2) is 25.3 Å². The quantitative estimate of drug-likeness (QED) is 0.485. The second-order valence-electron chi connectivity index (χ2n) is 3.82. The van der Waals surface area contributed by atoms with Gasteiger partial charge in [-0.2, -0.15) is 0 Å². The molecule has 0 N–H and O–H groups in total. The zero-order valence-electron chi connectivity index (χ0n) is 8.55. The van der Waals surface area contributed by atoms with Gasteiger partial charge < -0.3 is 4.74 Å². The number of fused-ring (bicyclic) bond motifs is 1. The summed E-state index contributed by atoms with van der Waals surface area (Å²) < 4.78 is 5.51. The molecule has 0 radical (unpaired) electrons. The Bertz CT molecular complexity index is 318. The molecule has 4 heteroatoms. The molecule has 2 aliphatic rings. The SMILES string of the molecule is C=CC1OC(C=C)C2C(=O)N(C)C(=O)C12. The normalized spacial score (nSPS) is 39.4. The highest BCUT2D eigenvalue weighted by atomic mass is 16.5. The molecule has 0 saturated carbocycles. The van der Waals surface area contributed by atoms with Crippen LogP contribution in [-0.4, -0.2) is 36.0 Å². The minimum absolute atomic E-state index is 0.181. The molecule has 2 rings (SSSR count). The number of likely N-dealkylation sites (tertiary alicyclic amines) is 1. The Kier molecular flexibility index (Phi) is 2.23. The molecular weight excluding hydrogens is 194 g/mol. The summed E-state index contributed by atoms with van der Waals surface area (Å²) in [6, 6.07) is 0. The van der Waals surface area contributed by atoms with Crippen molar-refractivity contribution in [3.8, 4) is 0 Å². The Morgan fingerprint density at radius 2 is 1.53 bits per heavy atom. The monoisotopic (exact) mass is 207 g/mol. The molecule has 4 unspecified atom stereocenters. The van der Waals surface area contributed by atoms with Crippen LogP contribution >= 0.6 is 0 Å². The Morgan fingerprint density at radius 1 is 1.13 bits per heavy atom. The number of nitrogens with zero attached hydrogens (tertiary/aromatic N) is 1. The largest absolute Gasteiger partial charge is 0.365 e. The van der Waals surface area contributed by atoms with Gasteiger partial charge in [-0.25, -0.2) is 0 Å². The van der Waals surface area contributed by atoms with Gasteiger partial charge in [0.2, 0.25) is 11.8 Å². The molecule has 2 saturated heterocycles. The minimum Gasteiger partial charge on any atom is -0.365 e. The van der Waals surface area contributed by atoms with E-state index in [2.05, 4.69) is 13.2 Å². The molecule has 2 amide bonds. The summed E-state index contributed by atoms with van der Waals surface area (Å²) in [5.41, 5.74) is 0. The Balaban J connectivity index is 2.39. The third-order valence-corrected chi connectivity index (χ3v) is 3.11. The van der Waals surface area contributed by atoms with Crippen LogP contribution in [-0.2, 0) is 14.3 Å². The van der Waals surface area contributed by atoms with Gasteiger partial charge in [-0.1, -0.05) is 12.2 Å². The van der Waals surface area contributed by atoms with E-state index in [1.54, 1.807) is 12.2 Å². The molecule has 2 aliphatic heterocycles. The maximum absolute atomic E-state index is 11.8. The number of imide groups is 1. The summed E-state index contributed by atoms with van der Waals surface area (Å²) in [5, 5.41) is 0. The summed E-state index contributed by atoms with van der Waals surface area (Å²) in [6.07, 6.45) is 2.40. The van der Waals surface area contributed by atoms with E-state index < -0.39 is 11.8 Å². The van der Waals surface area contributed by atoms with Gasteiger partial charge in [0.1, 0.15) is 0 Å². The van der Waals surface area contributed by atoms with Crippen molar-refractivity contribution in [1.82, 2.24) is 4.90 Å². The van der Waals surface area contributed by atoms with Crippen molar-refractivity contribution in [2.75, 3.05) is 7.05 Å². The lowest BCUT2D eigenvalue weighted by Crippen LogP contribution is -2.31. The fourth-order valence-corrected chi connectivity index (χ4v) is 2.31. The second-order valence-corrected chi connectivity index (χ2v) is 3.82. The van der Waals surface area contributed by atoms with Crippen molar-refractivity contribution < 1.29 is 14.3 Å². The number of rotatable bonds is 2. The zero-order chi connectivity index (χ0) is 11.2. The first kappa shape index (κ1) is 10.1. The van der Waals surface area contributed by atoms with Gasteiger partial charge in [0.05, 0.1) is 24.0 Å². The number of carbonyl (C=O) groups is 2. The molecule has 0 aromatic heterocycles. The molecule has 0 aliphatic carbocycles. The highest BCUT2D eigenvalue weighted by molar-refractivity contribution is 6.06. The maximum atomic E-state index is 11.8. The third kappa shape index (κ3) is 1.18. The van der Waals surface area contributed by atoms with Gasteiger partial charge >= 0.3 is 0 Å². The fourth-order valence-electron chi connectivity index (χ4n) is 2.31. The van der Waals surface area contributed by atoms with Gasteiger partial charge in [0.15, 0.2) is 0 Å². The van der Waals surface area contributed by atoms with E-state index >= 15 is 0 Å². The van der Waals surface area contributed by atoms with Crippen molar-refractivity contribution >= 4 is 11.8 Å². The predicted molar refractivity (Wildman–Crippen MR) is 53.8 cm³/mol. The lowest BCUT2D eigenvalue weighted by Gasteiger charge is -2.14. The van der Waals surface area contributed by atoms with E-state index in [1.807, 2.05) is 0 Å². The molecular formula is C11H13NO3. The van der Waals surface area contributed by atoms with Gasteiger partial charge in [0.25, 0.3) is 0 Å². The molecule has 0 bridgehead atoms. The van der Waals surface area contributed by atoms with Gasteiger partial charge in [0, 0.05) is 7.05 Å². The van der Waals surface area contributed by atoms with E-state index in [9.17, 15) is 9.59 Å². The van der Waals surface area contributed by atoms with Crippen molar-refractivity contribution in [2.45, 2.75) is 12.2 Å². The molecule has 2 heterocycles. The summed E-state index contributed by atoms with van der Waals surface area (Å²) in [4.78, 5) is 24.7. The van der Waals surface area contributed by atoms with Crippen molar-refractivity contribution in [2.24, 2.45) is 11.8 Å². The van der Waals surface area contributed by atoms with Crippen LogP contribution in [0.4, 0.5) is 0 Å². The molecule has 2 fully saturated rings. The first-order chi connectivity index (χ1) is 7.11. The first-order valence-electron chi connectivity index (χ1n) is 4.83. The summed E-state index contributed by atoms with van der Waals surface area (Å²) in [6.45, 7) is 7.23.